The SMILES string of the molecule is O=C(NC1CCNCC1)c1ccc2[nH]nc(-c3nc4ccc(F)cc4[nH]3)c2c1. The highest BCUT2D eigenvalue weighted by Crippen LogP contribution is 2.27. The van der Waals surface area contributed by atoms with Gasteiger partial charge in [-0.3, -0.25) is 9.89 Å². The number of halogens is 1. The highest BCUT2D eigenvalue weighted by molar-refractivity contribution is 6.01. The molecule has 0 unspecified atom stereocenters. The number of carbonyl (C=O) groups excluding carboxylic acids is 1. The van der Waals surface area contributed by atoms with Crippen LogP contribution in [0.5, 0.6) is 0 Å². The van der Waals surface area contributed by atoms with Crippen LogP contribution < -0.4 is 10.6 Å². The first-order valence-electron chi connectivity index (χ1n) is 9.33. The summed E-state index contributed by atoms with van der Waals surface area (Å²) in [6.07, 6.45) is 1.86. The molecule has 1 aliphatic heterocycles. The number of carbonyl (C=O) groups is 1. The van der Waals surface area contributed by atoms with Crippen molar-refractivity contribution in [1.82, 2.24) is 30.8 Å². The third-order valence-corrected chi connectivity index (χ3v) is 5.17. The zero-order valence-electron chi connectivity index (χ0n) is 15.1. The summed E-state index contributed by atoms with van der Waals surface area (Å²) in [6.45, 7) is 1.84. The Labute approximate surface area is 159 Å². The Morgan fingerprint density at radius 2 is 1.96 bits per heavy atom. The van der Waals surface area contributed by atoms with Gasteiger partial charge in [0, 0.05) is 17.0 Å². The van der Waals surface area contributed by atoms with Crippen molar-refractivity contribution in [2.24, 2.45) is 0 Å². The first-order chi connectivity index (χ1) is 13.7. The Morgan fingerprint density at radius 1 is 1.11 bits per heavy atom. The molecule has 1 amide bonds. The first kappa shape index (κ1) is 16.9. The van der Waals surface area contributed by atoms with E-state index in [0.29, 0.717) is 28.1 Å². The number of nitrogens with zero attached hydrogens (tertiary/aromatic N) is 2. The fraction of sp³-hybridized carbons (Fsp3) is 0.250. The molecule has 2 aromatic heterocycles. The van der Waals surface area contributed by atoms with Crippen molar-refractivity contribution in [2.45, 2.75) is 18.9 Å². The standard InChI is InChI=1S/C20H19FN6O/c21-12-2-4-16-17(10-12)25-19(24-16)18-14-9-11(1-3-15(14)26-27-18)20(28)23-13-5-7-22-8-6-13/h1-4,9-10,13,22H,5-8H2,(H,23,28)(H,24,25)(H,26,27). The molecule has 0 saturated carbocycles. The van der Waals surface area contributed by atoms with E-state index in [4.69, 9.17) is 0 Å². The van der Waals surface area contributed by atoms with Crippen LogP contribution in [0.25, 0.3) is 33.5 Å². The highest BCUT2D eigenvalue weighted by Gasteiger charge is 2.18. The van der Waals surface area contributed by atoms with Crippen LogP contribution in [0, 0.1) is 5.82 Å². The predicted molar refractivity (Wildman–Crippen MR) is 104 cm³/mol. The third-order valence-electron chi connectivity index (χ3n) is 5.17. The van der Waals surface area contributed by atoms with E-state index in [1.165, 1.54) is 12.1 Å². The monoisotopic (exact) mass is 378 g/mol. The molecule has 0 bridgehead atoms. The summed E-state index contributed by atoms with van der Waals surface area (Å²) in [7, 11) is 0. The van der Waals surface area contributed by atoms with Gasteiger partial charge < -0.3 is 15.6 Å². The average molecular weight is 378 g/mol. The molecule has 1 saturated heterocycles. The van der Waals surface area contributed by atoms with Crippen LogP contribution in [0.1, 0.15) is 23.2 Å². The Kier molecular flexibility index (Phi) is 4.05. The summed E-state index contributed by atoms with van der Waals surface area (Å²) in [5.74, 6) is 0.113. The number of aromatic amines is 2. The summed E-state index contributed by atoms with van der Waals surface area (Å²) in [4.78, 5) is 20.3. The van der Waals surface area contributed by atoms with Crippen LogP contribution >= 0.6 is 0 Å². The second-order valence-corrected chi connectivity index (χ2v) is 7.08. The molecule has 1 aliphatic rings. The van der Waals surface area contributed by atoms with Crippen LogP contribution in [-0.4, -0.2) is 45.2 Å². The molecule has 0 radical (unpaired) electrons. The topological polar surface area (TPSA) is 98.5 Å². The predicted octanol–water partition coefficient (Wildman–Crippen LogP) is 2.73. The van der Waals surface area contributed by atoms with E-state index < -0.39 is 0 Å². The molecule has 7 nitrogen and oxygen atoms in total. The van der Waals surface area contributed by atoms with Gasteiger partial charge in [0.25, 0.3) is 5.91 Å². The molecule has 4 aromatic rings. The fourth-order valence-electron chi connectivity index (χ4n) is 3.66. The second kappa shape index (κ2) is 6.72. The molecule has 3 heterocycles. The van der Waals surface area contributed by atoms with E-state index in [-0.39, 0.29) is 17.8 Å². The lowest BCUT2D eigenvalue weighted by molar-refractivity contribution is 0.0929. The minimum absolute atomic E-state index is 0.0902. The smallest absolute Gasteiger partial charge is 0.251 e. The van der Waals surface area contributed by atoms with Gasteiger partial charge >= 0.3 is 0 Å². The van der Waals surface area contributed by atoms with Crippen molar-refractivity contribution in [3.8, 4) is 11.5 Å². The number of benzene rings is 2. The Morgan fingerprint density at radius 3 is 2.82 bits per heavy atom. The Balaban J connectivity index is 1.49. The van der Waals surface area contributed by atoms with Crippen LogP contribution in [0.2, 0.25) is 0 Å². The normalized spacial score (nSPS) is 15.3. The lowest BCUT2D eigenvalue weighted by Crippen LogP contribution is -2.42. The number of amides is 1. The van der Waals surface area contributed by atoms with E-state index >= 15 is 0 Å². The number of fused-ring (bicyclic) bond motifs is 2. The summed E-state index contributed by atoms with van der Waals surface area (Å²) in [5, 5.41) is 14.5. The van der Waals surface area contributed by atoms with E-state index in [0.717, 1.165) is 36.8 Å². The Bertz CT molecular complexity index is 1170. The van der Waals surface area contributed by atoms with Crippen LogP contribution in [-0.2, 0) is 0 Å². The summed E-state index contributed by atoms with van der Waals surface area (Å²) in [6, 6.07) is 10.0. The molecule has 0 atom stereocenters. The molecule has 28 heavy (non-hydrogen) atoms. The lowest BCUT2D eigenvalue weighted by atomic mass is 10.1. The Hall–Kier alpha value is -3.26. The van der Waals surface area contributed by atoms with Gasteiger partial charge in [-0.25, -0.2) is 9.37 Å². The maximum absolute atomic E-state index is 13.5. The van der Waals surface area contributed by atoms with Crippen molar-refractivity contribution < 1.29 is 9.18 Å². The molecule has 8 heteroatoms. The zero-order chi connectivity index (χ0) is 19.1. The summed E-state index contributed by atoms with van der Waals surface area (Å²) >= 11 is 0. The van der Waals surface area contributed by atoms with Gasteiger partial charge in [0.1, 0.15) is 11.5 Å². The quantitative estimate of drug-likeness (QED) is 0.441. The van der Waals surface area contributed by atoms with E-state index in [9.17, 15) is 9.18 Å². The molecular weight excluding hydrogens is 359 g/mol. The molecule has 2 aromatic carbocycles. The number of rotatable bonds is 3. The van der Waals surface area contributed by atoms with Crippen LogP contribution in [0.4, 0.5) is 4.39 Å². The molecule has 4 N–H and O–H groups in total. The van der Waals surface area contributed by atoms with Crippen molar-refractivity contribution in [3.63, 3.8) is 0 Å². The van der Waals surface area contributed by atoms with Crippen molar-refractivity contribution in [2.75, 3.05) is 13.1 Å². The fourth-order valence-corrected chi connectivity index (χ4v) is 3.66. The largest absolute Gasteiger partial charge is 0.349 e. The van der Waals surface area contributed by atoms with Gasteiger partial charge in [-0.2, -0.15) is 5.10 Å². The minimum Gasteiger partial charge on any atom is -0.349 e. The number of hydrogen-bond donors (Lipinski definition) is 4. The molecule has 1 fully saturated rings. The highest BCUT2D eigenvalue weighted by atomic mass is 19.1. The number of aromatic nitrogens is 4. The minimum atomic E-state index is -0.327. The number of hydrogen-bond acceptors (Lipinski definition) is 4. The van der Waals surface area contributed by atoms with E-state index in [1.54, 1.807) is 12.1 Å². The summed E-state index contributed by atoms with van der Waals surface area (Å²) in [5.41, 5.74) is 3.25. The molecule has 0 spiro atoms. The van der Waals surface area contributed by atoms with Crippen molar-refractivity contribution >= 4 is 27.8 Å². The molecule has 142 valence electrons. The lowest BCUT2D eigenvalue weighted by Gasteiger charge is -2.23. The van der Waals surface area contributed by atoms with Gasteiger partial charge in [-0.05, 0) is 62.3 Å². The van der Waals surface area contributed by atoms with Gasteiger partial charge in [-0.1, -0.05) is 0 Å². The maximum Gasteiger partial charge on any atom is 0.251 e. The second-order valence-electron chi connectivity index (χ2n) is 7.08. The summed E-state index contributed by atoms with van der Waals surface area (Å²) < 4.78 is 13.5. The molecule has 0 aliphatic carbocycles. The van der Waals surface area contributed by atoms with E-state index in [1.807, 2.05) is 12.1 Å². The first-order valence-corrected chi connectivity index (χ1v) is 9.33. The van der Waals surface area contributed by atoms with Crippen LogP contribution in [0.3, 0.4) is 0 Å². The number of H-pyrrole nitrogens is 2. The van der Waals surface area contributed by atoms with E-state index in [2.05, 4.69) is 30.8 Å². The van der Waals surface area contributed by atoms with Crippen LogP contribution in [0.15, 0.2) is 36.4 Å². The van der Waals surface area contributed by atoms with Crippen molar-refractivity contribution in [3.05, 3.63) is 47.8 Å². The number of piperidine rings is 1. The van der Waals surface area contributed by atoms with Gasteiger partial charge in [-0.15, -0.1) is 0 Å². The van der Waals surface area contributed by atoms with Crippen molar-refractivity contribution in [1.29, 1.82) is 0 Å². The number of nitrogens with one attached hydrogen (secondary N) is 4. The molecular formula is C20H19FN6O. The molecule has 5 rings (SSSR count). The van der Waals surface area contributed by atoms with Gasteiger partial charge in [0.05, 0.1) is 16.6 Å². The van der Waals surface area contributed by atoms with Gasteiger partial charge in [0.15, 0.2) is 5.82 Å². The maximum atomic E-state index is 13.5. The number of imidazole rings is 1. The van der Waals surface area contributed by atoms with Gasteiger partial charge in [0.2, 0.25) is 0 Å². The average Bonchev–Trinajstić information content (AvgIpc) is 3.31. The third kappa shape index (κ3) is 3.01. The zero-order valence-corrected chi connectivity index (χ0v) is 15.1.